The van der Waals surface area contributed by atoms with Gasteiger partial charge in [-0.05, 0) is 51.4 Å². The first-order chi connectivity index (χ1) is 14.9. The van der Waals surface area contributed by atoms with Crippen molar-refractivity contribution in [3.63, 3.8) is 0 Å². The fraction of sp³-hybridized carbons (Fsp3) is 1.00. The Morgan fingerprint density at radius 2 is 0.581 bits per heavy atom. The summed E-state index contributed by atoms with van der Waals surface area (Å²) in [6.07, 6.45) is 29.1. The molecule has 0 unspecified atom stereocenters. The summed E-state index contributed by atoms with van der Waals surface area (Å²) in [5, 5.41) is 7.72. The fourth-order valence-corrected chi connectivity index (χ4v) is 5.74. The Morgan fingerprint density at radius 3 is 0.742 bits per heavy atom. The molecule has 0 bridgehead atoms. The van der Waals surface area contributed by atoms with E-state index in [1.165, 1.54) is 128 Å². The van der Waals surface area contributed by atoms with Crippen molar-refractivity contribution in [3.8, 4) is 0 Å². The summed E-state index contributed by atoms with van der Waals surface area (Å²) in [4.78, 5) is 0. The van der Waals surface area contributed by atoms with Crippen LogP contribution in [-0.2, 0) is 21.2 Å². The zero-order valence-electron chi connectivity index (χ0n) is 19.6. The Morgan fingerprint density at radius 1 is 0.419 bits per heavy atom. The number of rotatable bonds is 4. The van der Waals surface area contributed by atoms with Gasteiger partial charge in [0.15, 0.2) is 0 Å². The van der Waals surface area contributed by atoms with E-state index in [4.69, 9.17) is 15.9 Å². The third-order valence-electron chi connectivity index (χ3n) is 7.36. The van der Waals surface area contributed by atoms with Crippen molar-refractivity contribution in [2.45, 2.75) is 153 Å². The number of hydrogen-bond acceptors (Lipinski definition) is 4. The normalized spacial score (nSPS) is 25.1. The molecule has 0 spiro atoms. The van der Waals surface area contributed by atoms with Gasteiger partial charge in [0.25, 0.3) is 0 Å². The summed E-state index contributed by atoms with van der Waals surface area (Å²) in [7, 11) is 0. The second-order valence-electron chi connectivity index (χ2n) is 10.1. The van der Waals surface area contributed by atoms with Gasteiger partial charge in [-0.25, -0.2) is 0 Å². The Hall–Kier alpha value is -0.0275. The van der Waals surface area contributed by atoms with E-state index in [1.54, 1.807) is 0 Å². The molecule has 0 aromatic carbocycles. The second-order valence-corrected chi connectivity index (χ2v) is 11.5. The topological polar surface area (TPSA) is 98.7 Å². The summed E-state index contributed by atoms with van der Waals surface area (Å²) in [6, 6.07) is 3.49. The van der Waals surface area contributed by atoms with Crippen molar-refractivity contribution < 1.29 is 29.5 Å². The van der Waals surface area contributed by atoms with E-state index in [-0.39, 0.29) is 0 Å². The van der Waals surface area contributed by atoms with Gasteiger partial charge in [-0.3, -0.25) is 0 Å². The maximum atomic E-state index is 8.82. The molecule has 0 amide bonds. The quantitative estimate of drug-likeness (QED) is 0.445. The minimum absolute atomic E-state index is 0.872. The monoisotopic (exact) mass is 480 g/mol. The zero-order valence-corrected chi connectivity index (χ0v) is 20.8. The zero-order chi connectivity index (χ0) is 22.4. The molecule has 0 heterocycles. The molecule has 31 heavy (non-hydrogen) atoms. The van der Waals surface area contributed by atoms with Crippen LogP contribution in [0.5, 0.6) is 0 Å². The maximum absolute atomic E-state index is 8.82. The number of nitrogens with one attached hydrogen (secondary N) is 2. The van der Waals surface area contributed by atoms with Crippen LogP contribution >= 0.6 is 0 Å². The third kappa shape index (κ3) is 14.7. The van der Waals surface area contributed by atoms with Crippen LogP contribution in [0.4, 0.5) is 0 Å². The van der Waals surface area contributed by atoms with Crippen LogP contribution in [0, 0.1) is 0 Å². The molecule has 4 N–H and O–H groups in total. The molecule has 184 valence electrons. The predicted molar refractivity (Wildman–Crippen MR) is 120 cm³/mol. The molecule has 4 rings (SSSR count). The molecule has 4 fully saturated rings. The van der Waals surface area contributed by atoms with E-state index in [1.807, 2.05) is 0 Å². The molecule has 0 aromatic rings. The van der Waals surface area contributed by atoms with Gasteiger partial charge in [-0.2, -0.15) is 0 Å². The van der Waals surface area contributed by atoms with Gasteiger partial charge in [-0.15, -0.1) is 0 Å². The van der Waals surface area contributed by atoms with Crippen LogP contribution < -0.4 is 10.6 Å². The molecule has 6 nitrogen and oxygen atoms in total. The van der Waals surface area contributed by atoms with E-state index in [0.717, 1.165) is 24.2 Å². The average molecular weight is 481 g/mol. The van der Waals surface area contributed by atoms with Crippen molar-refractivity contribution in [3.05, 3.63) is 0 Å². The van der Waals surface area contributed by atoms with Gasteiger partial charge in [0.05, 0.1) is 0 Å². The molecule has 0 saturated heterocycles. The molecule has 7 heteroatoms. The van der Waals surface area contributed by atoms with Crippen LogP contribution in [0.3, 0.4) is 0 Å². The second kappa shape index (κ2) is 15.7. The van der Waals surface area contributed by atoms with Gasteiger partial charge < -0.3 is 10.6 Å². The van der Waals surface area contributed by atoms with E-state index in [2.05, 4.69) is 10.6 Å². The first-order valence-corrected chi connectivity index (χ1v) is 15.3. The summed E-state index contributed by atoms with van der Waals surface area (Å²) in [6.45, 7) is 0. The minimum atomic E-state index is -5.25. The van der Waals surface area contributed by atoms with Crippen LogP contribution in [-0.4, -0.2) is 32.5 Å². The van der Waals surface area contributed by atoms with Gasteiger partial charge in [0, 0.05) is 24.2 Å². The van der Waals surface area contributed by atoms with Crippen LogP contribution in [0.1, 0.15) is 128 Å². The van der Waals surface area contributed by atoms with Crippen LogP contribution in [0.25, 0.3) is 0 Å². The van der Waals surface area contributed by atoms with E-state index >= 15 is 0 Å². The third-order valence-corrected chi connectivity index (χ3v) is 7.36. The van der Waals surface area contributed by atoms with Gasteiger partial charge >= 0.3 is 29.5 Å². The van der Waals surface area contributed by atoms with Gasteiger partial charge in [-0.1, -0.05) is 77.0 Å². The predicted octanol–water partition coefficient (Wildman–Crippen LogP) is 5.13. The van der Waals surface area contributed by atoms with Crippen molar-refractivity contribution in [2.24, 2.45) is 0 Å². The standard InChI is InChI=1S/2C12H23N.Cr.2H2O.2O/c2*1-3-7-11(8-4-1)13-12-9-5-2-6-10-12;;;;;/h2*11-13H,1-10H2;;2*1H2;;/q;;+2;;;;/p-2. The average Bonchev–Trinajstić information content (AvgIpc) is 2.76. The Balaban J connectivity index is 0.000000182. The molecule has 0 atom stereocenters. The summed E-state index contributed by atoms with van der Waals surface area (Å²) < 4.78 is 31.9. The SMILES string of the molecule is C1CCC(NC2CCCCC2)CC1.C1CCC(NC2CCCCC2)CC1.[O]=[Cr](=[O])([OH])[OH]. The van der Waals surface area contributed by atoms with Crippen molar-refractivity contribution in [1.82, 2.24) is 10.6 Å². The molecule has 0 aromatic heterocycles. The van der Waals surface area contributed by atoms with Gasteiger partial charge in [0.2, 0.25) is 0 Å². The molecule has 0 aliphatic heterocycles. The van der Waals surface area contributed by atoms with E-state index in [9.17, 15) is 0 Å². The Labute approximate surface area is 192 Å². The first kappa shape index (κ1) is 27.2. The molecule has 4 aliphatic carbocycles. The Bertz CT molecular complexity index is 460. The molecular formula is C24H48CrN2O4. The van der Waals surface area contributed by atoms with E-state index < -0.39 is 13.6 Å². The summed E-state index contributed by atoms with van der Waals surface area (Å²) >= 11 is -5.25. The molecular weight excluding hydrogens is 432 g/mol. The molecule has 4 saturated carbocycles. The van der Waals surface area contributed by atoms with Crippen molar-refractivity contribution in [2.75, 3.05) is 0 Å². The van der Waals surface area contributed by atoms with Crippen LogP contribution in [0.15, 0.2) is 0 Å². The first-order valence-electron chi connectivity index (χ1n) is 13.1. The molecule has 4 aliphatic rings. The van der Waals surface area contributed by atoms with Crippen LogP contribution in [0.2, 0.25) is 0 Å². The Kier molecular flexibility index (Phi) is 13.8. The summed E-state index contributed by atoms with van der Waals surface area (Å²) in [5.74, 6) is 0. The van der Waals surface area contributed by atoms with Crippen molar-refractivity contribution >= 4 is 0 Å². The summed E-state index contributed by atoms with van der Waals surface area (Å²) in [5.41, 5.74) is 0. The van der Waals surface area contributed by atoms with E-state index in [0.29, 0.717) is 0 Å². The van der Waals surface area contributed by atoms with Crippen molar-refractivity contribution in [1.29, 1.82) is 0 Å². The van der Waals surface area contributed by atoms with Gasteiger partial charge in [0.1, 0.15) is 0 Å². The number of hydrogen-bond donors (Lipinski definition) is 4. The molecule has 0 radical (unpaired) electrons. The fourth-order valence-electron chi connectivity index (χ4n) is 5.74.